The number of benzene rings is 1. The summed E-state index contributed by atoms with van der Waals surface area (Å²) in [6.07, 6.45) is 4.38. The molecule has 1 aliphatic rings. The van der Waals surface area contributed by atoms with E-state index in [2.05, 4.69) is 43.5 Å². The minimum absolute atomic E-state index is 0.0972. The van der Waals surface area contributed by atoms with Crippen LogP contribution in [-0.2, 0) is 4.79 Å². The molecule has 1 aliphatic heterocycles. The Bertz CT molecular complexity index is 578. The van der Waals surface area contributed by atoms with Gasteiger partial charge in [-0.15, -0.1) is 0 Å². The Morgan fingerprint density at radius 2 is 1.74 bits per heavy atom. The SMILES string of the molecule is CCC(CC)C(=O)N1CCC(NC(=O)NCCC(C)c2ccccc2)CC1. The zero-order valence-electron chi connectivity index (χ0n) is 17.0. The maximum Gasteiger partial charge on any atom is 0.315 e. The van der Waals surface area contributed by atoms with Gasteiger partial charge < -0.3 is 15.5 Å². The predicted octanol–water partition coefficient (Wildman–Crippen LogP) is 3.91. The van der Waals surface area contributed by atoms with E-state index < -0.39 is 0 Å². The fraction of sp³-hybridized carbons (Fsp3) is 0.636. The summed E-state index contributed by atoms with van der Waals surface area (Å²) in [5.74, 6) is 0.841. The van der Waals surface area contributed by atoms with Crippen LogP contribution in [0.25, 0.3) is 0 Å². The zero-order chi connectivity index (χ0) is 19.6. The highest BCUT2D eigenvalue weighted by molar-refractivity contribution is 5.79. The lowest BCUT2D eigenvalue weighted by atomic mass is 9.98. The van der Waals surface area contributed by atoms with Crippen LogP contribution >= 0.6 is 0 Å². The van der Waals surface area contributed by atoms with Gasteiger partial charge in [0.15, 0.2) is 0 Å². The molecule has 1 aromatic carbocycles. The largest absolute Gasteiger partial charge is 0.342 e. The van der Waals surface area contributed by atoms with Crippen LogP contribution < -0.4 is 10.6 Å². The molecule has 1 atom stereocenters. The third-order valence-electron chi connectivity index (χ3n) is 5.71. The van der Waals surface area contributed by atoms with E-state index in [-0.39, 0.29) is 23.9 Å². The lowest BCUT2D eigenvalue weighted by Gasteiger charge is -2.34. The molecule has 5 heteroatoms. The van der Waals surface area contributed by atoms with Crippen LogP contribution in [0.4, 0.5) is 4.79 Å². The third-order valence-corrected chi connectivity index (χ3v) is 5.71. The van der Waals surface area contributed by atoms with E-state index in [0.717, 1.165) is 45.2 Å². The summed E-state index contributed by atoms with van der Waals surface area (Å²) < 4.78 is 0. The topological polar surface area (TPSA) is 61.4 Å². The Kier molecular flexibility index (Phi) is 8.62. The van der Waals surface area contributed by atoms with Crippen LogP contribution in [0, 0.1) is 5.92 Å². The van der Waals surface area contributed by atoms with Crippen molar-refractivity contribution in [2.45, 2.75) is 64.8 Å². The number of carbonyl (C=O) groups is 2. The van der Waals surface area contributed by atoms with Gasteiger partial charge in [-0.3, -0.25) is 4.79 Å². The number of amides is 3. The predicted molar refractivity (Wildman–Crippen MR) is 110 cm³/mol. The number of piperidine rings is 1. The first kappa shape index (κ1) is 21.3. The van der Waals surface area contributed by atoms with Gasteiger partial charge in [-0.05, 0) is 43.6 Å². The molecule has 150 valence electrons. The van der Waals surface area contributed by atoms with Crippen LogP contribution in [0.3, 0.4) is 0 Å². The van der Waals surface area contributed by atoms with E-state index in [1.807, 2.05) is 23.1 Å². The highest BCUT2D eigenvalue weighted by Gasteiger charge is 2.27. The fourth-order valence-electron chi connectivity index (χ4n) is 3.73. The smallest absolute Gasteiger partial charge is 0.315 e. The number of rotatable bonds is 8. The molecule has 2 N–H and O–H groups in total. The van der Waals surface area contributed by atoms with Crippen molar-refractivity contribution in [3.63, 3.8) is 0 Å². The maximum absolute atomic E-state index is 12.4. The van der Waals surface area contributed by atoms with Crippen LogP contribution in [0.15, 0.2) is 30.3 Å². The van der Waals surface area contributed by atoms with Gasteiger partial charge >= 0.3 is 6.03 Å². The average molecular weight is 374 g/mol. The Balaban J connectivity index is 1.65. The number of nitrogens with one attached hydrogen (secondary N) is 2. The van der Waals surface area contributed by atoms with E-state index in [9.17, 15) is 9.59 Å². The van der Waals surface area contributed by atoms with Crippen LogP contribution in [-0.4, -0.2) is 42.5 Å². The Labute approximate surface area is 163 Å². The van der Waals surface area contributed by atoms with Crippen molar-refractivity contribution in [3.05, 3.63) is 35.9 Å². The quantitative estimate of drug-likeness (QED) is 0.726. The van der Waals surface area contributed by atoms with Gasteiger partial charge in [0.25, 0.3) is 0 Å². The van der Waals surface area contributed by atoms with Gasteiger partial charge in [-0.2, -0.15) is 0 Å². The molecule has 5 nitrogen and oxygen atoms in total. The second-order valence-electron chi connectivity index (χ2n) is 7.61. The summed E-state index contributed by atoms with van der Waals surface area (Å²) in [7, 11) is 0. The first-order chi connectivity index (χ1) is 13.0. The number of likely N-dealkylation sites (tertiary alicyclic amines) is 1. The van der Waals surface area contributed by atoms with Crippen LogP contribution in [0.1, 0.15) is 64.4 Å². The maximum atomic E-state index is 12.4. The van der Waals surface area contributed by atoms with Crippen molar-refractivity contribution >= 4 is 11.9 Å². The lowest BCUT2D eigenvalue weighted by Crippen LogP contribution is -2.50. The zero-order valence-corrected chi connectivity index (χ0v) is 17.0. The second kappa shape index (κ2) is 11.0. The minimum atomic E-state index is -0.0972. The molecular weight excluding hydrogens is 338 g/mol. The molecule has 1 fully saturated rings. The summed E-state index contributed by atoms with van der Waals surface area (Å²) >= 11 is 0. The van der Waals surface area contributed by atoms with Crippen molar-refractivity contribution in [1.29, 1.82) is 0 Å². The van der Waals surface area contributed by atoms with Crippen LogP contribution in [0.2, 0.25) is 0 Å². The summed E-state index contributed by atoms with van der Waals surface area (Å²) in [4.78, 5) is 26.5. The molecule has 27 heavy (non-hydrogen) atoms. The first-order valence-electron chi connectivity index (χ1n) is 10.4. The van der Waals surface area contributed by atoms with E-state index in [0.29, 0.717) is 12.5 Å². The number of hydrogen-bond donors (Lipinski definition) is 2. The van der Waals surface area contributed by atoms with Gasteiger partial charge in [0, 0.05) is 31.6 Å². The molecule has 0 aliphatic carbocycles. The first-order valence-corrected chi connectivity index (χ1v) is 10.4. The Morgan fingerprint density at radius 1 is 1.11 bits per heavy atom. The number of hydrogen-bond acceptors (Lipinski definition) is 2. The Morgan fingerprint density at radius 3 is 2.33 bits per heavy atom. The number of urea groups is 1. The fourth-order valence-corrected chi connectivity index (χ4v) is 3.73. The molecule has 0 radical (unpaired) electrons. The molecular formula is C22H35N3O2. The highest BCUT2D eigenvalue weighted by Crippen LogP contribution is 2.18. The Hall–Kier alpha value is -2.04. The summed E-state index contributed by atoms with van der Waals surface area (Å²) in [6.45, 7) is 8.47. The summed E-state index contributed by atoms with van der Waals surface area (Å²) in [5.41, 5.74) is 1.30. The molecule has 0 bridgehead atoms. The highest BCUT2D eigenvalue weighted by atomic mass is 16.2. The molecule has 0 aromatic heterocycles. The molecule has 0 saturated carbocycles. The number of carbonyl (C=O) groups excluding carboxylic acids is 2. The van der Waals surface area contributed by atoms with Gasteiger partial charge in [0.2, 0.25) is 5.91 Å². The lowest BCUT2D eigenvalue weighted by molar-refractivity contribution is -0.136. The number of nitrogens with zero attached hydrogens (tertiary/aromatic N) is 1. The molecule has 1 heterocycles. The van der Waals surface area contributed by atoms with Crippen molar-refractivity contribution in [2.24, 2.45) is 5.92 Å². The van der Waals surface area contributed by atoms with E-state index in [4.69, 9.17) is 0 Å². The van der Waals surface area contributed by atoms with E-state index in [1.54, 1.807) is 0 Å². The summed E-state index contributed by atoms with van der Waals surface area (Å²) in [6, 6.07) is 10.4. The molecule has 1 unspecified atom stereocenters. The molecule has 3 amide bonds. The van der Waals surface area contributed by atoms with Crippen molar-refractivity contribution in [3.8, 4) is 0 Å². The molecule has 2 rings (SSSR count). The molecule has 1 aromatic rings. The van der Waals surface area contributed by atoms with Crippen LogP contribution in [0.5, 0.6) is 0 Å². The van der Waals surface area contributed by atoms with Crippen molar-refractivity contribution in [2.75, 3.05) is 19.6 Å². The summed E-state index contributed by atoms with van der Waals surface area (Å²) in [5, 5.41) is 6.03. The normalized spacial score (nSPS) is 16.2. The van der Waals surface area contributed by atoms with Gasteiger partial charge in [0.05, 0.1) is 0 Å². The van der Waals surface area contributed by atoms with E-state index in [1.165, 1.54) is 5.56 Å². The standard InChI is InChI=1S/C22H35N3O2/c1-4-18(5-2)21(26)25-15-12-20(13-16-25)24-22(27)23-14-11-17(3)19-9-7-6-8-10-19/h6-10,17-18,20H,4-5,11-16H2,1-3H3,(H2,23,24,27). The van der Waals surface area contributed by atoms with E-state index >= 15 is 0 Å². The van der Waals surface area contributed by atoms with Gasteiger partial charge in [0.1, 0.15) is 0 Å². The average Bonchev–Trinajstić information content (AvgIpc) is 2.70. The van der Waals surface area contributed by atoms with Crippen molar-refractivity contribution in [1.82, 2.24) is 15.5 Å². The van der Waals surface area contributed by atoms with Gasteiger partial charge in [-0.1, -0.05) is 51.1 Å². The monoisotopic (exact) mass is 373 g/mol. The minimum Gasteiger partial charge on any atom is -0.342 e. The molecule has 0 spiro atoms. The van der Waals surface area contributed by atoms with Gasteiger partial charge in [-0.25, -0.2) is 4.79 Å². The molecule has 1 saturated heterocycles. The third kappa shape index (κ3) is 6.56. The van der Waals surface area contributed by atoms with Crippen molar-refractivity contribution < 1.29 is 9.59 Å². The second-order valence-corrected chi connectivity index (χ2v) is 7.61.